The fourth-order valence-corrected chi connectivity index (χ4v) is 0.491. The summed E-state index contributed by atoms with van der Waals surface area (Å²) in [5, 5.41) is 19.7. The number of carboxylic acids is 2. The average molecular weight is 219 g/mol. The molecule has 0 heterocycles. The van der Waals surface area contributed by atoms with E-state index in [9.17, 15) is 19.2 Å². The molecule has 6 N–H and O–H groups in total. The molecule has 9 nitrogen and oxygen atoms in total. The quantitative estimate of drug-likeness (QED) is 0.323. The smallest absolute Gasteiger partial charge is 0.394 e. The molecule has 1 atom stereocenters. The van der Waals surface area contributed by atoms with Gasteiger partial charge in [0.1, 0.15) is 6.04 Å². The van der Waals surface area contributed by atoms with Crippen LogP contribution < -0.4 is 16.4 Å². The molecular weight excluding hydrogens is 210 g/mol. The van der Waals surface area contributed by atoms with Crippen LogP contribution in [-0.2, 0) is 14.4 Å². The van der Waals surface area contributed by atoms with Gasteiger partial charge < -0.3 is 21.3 Å². The highest BCUT2D eigenvalue weighted by atomic mass is 16.4. The lowest BCUT2D eigenvalue weighted by atomic mass is 10.3. The van der Waals surface area contributed by atoms with E-state index in [1.54, 1.807) is 0 Å². The number of rotatable bonds is 3. The fourth-order valence-electron chi connectivity index (χ4n) is 0.491. The van der Waals surface area contributed by atoms with Crippen LogP contribution in [0.3, 0.4) is 0 Å². The molecule has 0 aromatic carbocycles. The number of imide groups is 1. The number of carbonyl (C=O) groups excluding carboxylic acids is 2. The van der Waals surface area contributed by atoms with Gasteiger partial charge in [-0.15, -0.1) is 0 Å². The summed E-state index contributed by atoms with van der Waals surface area (Å²) >= 11 is 0. The zero-order valence-electron chi connectivity index (χ0n) is 7.39. The summed E-state index contributed by atoms with van der Waals surface area (Å²) in [5.41, 5.74) is 5.01. The lowest BCUT2D eigenvalue weighted by molar-refractivity contribution is -0.149. The minimum Gasteiger partial charge on any atom is -0.480 e. The summed E-state index contributed by atoms with van der Waals surface area (Å²) in [6.07, 6.45) is 0. The van der Waals surface area contributed by atoms with Crippen molar-refractivity contribution in [1.29, 1.82) is 0 Å². The molecule has 0 bridgehead atoms. The molecule has 0 aliphatic heterocycles. The van der Waals surface area contributed by atoms with Crippen molar-refractivity contribution in [1.82, 2.24) is 10.6 Å². The van der Waals surface area contributed by atoms with Gasteiger partial charge in [-0.2, -0.15) is 0 Å². The van der Waals surface area contributed by atoms with Gasteiger partial charge in [0.25, 0.3) is 0 Å². The van der Waals surface area contributed by atoms with Gasteiger partial charge in [-0.1, -0.05) is 0 Å². The Morgan fingerprint density at radius 3 is 2.13 bits per heavy atom. The van der Waals surface area contributed by atoms with Crippen LogP contribution in [0.25, 0.3) is 0 Å². The molecular formula is C6H9N3O6. The standard InChI is InChI=1S/C6H9N3O6/c7-2(4(11)12)1-8-6(15)9-3(10)5(13)14/h2H,1,7H2,(H,11,12)(H,13,14)(H2,8,9,10,15). The van der Waals surface area contributed by atoms with Crippen LogP contribution in [0.4, 0.5) is 4.79 Å². The molecule has 0 aromatic heterocycles. The highest BCUT2D eigenvalue weighted by Gasteiger charge is 2.16. The number of aliphatic carboxylic acids is 2. The normalized spacial score (nSPS) is 11.3. The largest absolute Gasteiger partial charge is 0.480 e. The van der Waals surface area contributed by atoms with Crippen molar-refractivity contribution in [2.75, 3.05) is 6.54 Å². The summed E-state index contributed by atoms with van der Waals surface area (Å²) in [6.45, 7) is -0.423. The van der Waals surface area contributed by atoms with Gasteiger partial charge in [0.05, 0.1) is 0 Å². The maximum absolute atomic E-state index is 10.7. The number of carbonyl (C=O) groups is 4. The molecule has 0 rings (SSSR count). The molecule has 15 heavy (non-hydrogen) atoms. The second-order valence-corrected chi connectivity index (χ2v) is 2.41. The summed E-state index contributed by atoms with van der Waals surface area (Å²) < 4.78 is 0. The van der Waals surface area contributed by atoms with Gasteiger partial charge in [-0.3, -0.25) is 14.9 Å². The van der Waals surface area contributed by atoms with E-state index in [0.717, 1.165) is 0 Å². The van der Waals surface area contributed by atoms with E-state index in [-0.39, 0.29) is 0 Å². The van der Waals surface area contributed by atoms with Gasteiger partial charge in [-0.25, -0.2) is 9.59 Å². The molecule has 0 spiro atoms. The van der Waals surface area contributed by atoms with Crippen LogP contribution in [-0.4, -0.2) is 46.7 Å². The maximum Gasteiger partial charge on any atom is 0.394 e. The van der Waals surface area contributed by atoms with E-state index < -0.39 is 36.5 Å². The number of urea groups is 1. The van der Waals surface area contributed by atoms with E-state index in [0.29, 0.717) is 0 Å². The van der Waals surface area contributed by atoms with E-state index in [2.05, 4.69) is 0 Å². The van der Waals surface area contributed by atoms with Crippen molar-refractivity contribution in [3.63, 3.8) is 0 Å². The number of amides is 3. The summed E-state index contributed by atoms with van der Waals surface area (Å²) in [5.74, 6) is -4.68. The van der Waals surface area contributed by atoms with Crippen molar-refractivity contribution in [2.24, 2.45) is 5.73 Å². The molecule has 1 unspecified atom stereocenters. The first-order valence-corrected chi connectivity index (χ1v) is 3.65. The molecule has 84 valence electrons. The predicted molar refractivity (Wildman–Crippen MR) is 44.8 cm³/mol. The Morgan fingerprint density at radius 2 is 1.73 bits per heavy atom. The van der Waals surface area contributed by atoms with Crippen molar-refractivity contribution in [3.8, 4) is 0 Å². The third-order valence-electron chi connectivity index (χ3n) is 1.22. The Hall–Kier alpha value is -2.16. The van der Waals surface area contributed by atoms with Crippen LogP contribution in [0, 0.1) is 0 Å². The van der Waals surface area contributed by atoms with E-state index in [1.165, 1.54) is 5.32 Å². The first-order valence-electron chi connectivity index (χ1n) is 3.65. The molecule has 0 saturated heterocycles. The number of hydrogen-bond donors (Lipinski definition) is 5. The summed E-state index contributed by atoms with van der Waals surface area (Å²) in [6, 6.07) is -2.45. The fraction of sp³-hybridized carbons (Fsp3) is 0.333. The van der Waals surface area contributed by atoms with Crippen LogP contribution in [0.15, 0.2) is 0 Å². The topological polar surface area (TPSA) is 159 Å². The predicted octanol–water partition coefficient (Wildman–Crippen LogP) is -2.69. The number of nitrogens with two attached hydrogens (primary N) is 1. The molecule has 0 aromatic rings. The average Bonchev–Trinajstić information content (AvgIpc) is 2.13. The third-order valence-corrected chi connectivity index (χ3v) is 1.22. The summed E-state index contributed by atoms with van der Waals surface area (Å²) in [4.78, 5) is 41.3. The molecule has 0 radical (unpaired) electrons. The lowest BCUT2D eigenvalue weighted by Gasteiger charge is -2.07. The molecule has 3 amide bonds. The SMILES string of the molecule is NC(CNC(=O)NC(=O)C(=O)O)C(=O)O. The Kier molecular flexibility index (Phi) is 4.75. The molecule has 0 fully saturated rings. The third kappa shape index (κ3) is 5.21. The Bertz CT molecular complexity index is 301. The van der Waals surface area contributed by atoms with Crippen molar-refractivity contribution in [2.45, 2.75) is 6.04 Å². The van der Waals surface area contributed by atoms with Crippen LogP contribution in [0.5, 0.6) is 0 Å². The second-order valence-electron chi connectivity index (χ2n) is 2.41. The minimum atomic E-state index is -1.83. The Labute approximate surface area is 83.2 Å². The number of nitrogens with one attached hydrogen (secondary N) is 2. The minimum absolute atomic E-state index is 0.423. The first-order chi connectivity index (χ1) is 6.84. The molecule has 9 heteroatoms. The Balaban J connectivity index is 3.91. The number of hydrogen-bond acceptors (Lipinski definition) is 5. The molecule has 0 aliphatic rings. The van der Waals surface area contributed by atoms with E-state index in [1.807, 2.05) is 5.32 Å². The zero-order chi connectivity index (χ0) is 12.0. The van der Waals surface area contributed by atoms with E-state index in [4.69, 9.17) is 15.9 Å². The van der Waals surface area contributed by atoms with Gasteiger partial charge in [0.15, 0.2) is 0 Å². The summed E-state index contributed by atoms with van der Waals surface area (Å²) in [7, 11) is 0. The molecule has 0 saturated carbocycles. The number of carboxylic acid groups (broad SMARTS) is 2. The lowest BCUT2D eigenvalue weighted by Crippen LogP contribution is -2.48. The van der Waals surface area contributed by atoms with Gasteiger partial charge in [-0.05, 0) is 0 Å². The van der Waals surface area contributed by atoms with Gasteiger partial charge in [0.2, 0.25) is 0 Å². The van der Waals surface area contributed by atoms with Gasteiger partial charge >= 0.3 is 23.9 Å². The highest BCUT2D eigenvalue weighted by molar-refractivity contribution is 6.34. The van der Waals surface area contributed by atoms with Crippen molar-refractivity contribution < 1.29 is 29.4 Å². The van der Waals surface area contributed by atoms with Crippen molar-refractivity contribution in [3.05, 3.63) is 0 Å². The van der Waals surface area contributed by atoms with E-state index >= 15 is 0 Å². The van der Waals surface area contributed by atoms with Crippen LogP contribution >= 0.6 is 0 Å². The Morgan fingerprint density at radius 1 is 1.20 bits per heavy atom. The van der Waals surface area contributed by atoms with Crippen LogP contribution in [0.2, 0.25) is 0 Å². The van der Waals surface area contributed by atoms with Crippen LogP contribution in [0.1, 0.15) is 0 Å². The van der Waals surface area contributed by atoms with Gasteiger partial charge in [0, 0.05) is 6.54 Å². The molecule has 0 aliphatic carbocycles. The maximum atomic E-state index is 10.7. The first kappa shape index (κ1) is 12.8. The van der Waals surface area contributed by atoms with Crippen molar-refractivity contribution >= 4 is 23.9 Å². The zero-order valence-corrected chi connectivity index (χ0v) is 7.39. The monoisotopic (exact) mass is 219 g/mol. The highest BCUT2D eigenvalue weighted by Crippen LogP contribution is 1.76. The second kappa shape index (κ2) is 5.54.